The molecule has 1 aliphatic heterocycles. The van der Waals surface area contributed by atoms with E-state index in [2.05, 4.69) is 22.0 Å². The fraction of sp³-hybridized carbons (Fsp3) is 0.412. The fourth-order valence-corrected chi connectivity index (χ4v) is 2.86. The summed E-state index contributed by atoms with van der Waals surface area (Å²) in [6.07, 6.45) is 4.69. The van der Waals surface area contributed by atoms with Gasteiger partial charge in [0.05, 0.1) is 13.3 Å². The number of hydrogen-bond acceptors (Lipinski definition) is 5. The van der Waals surface area contributed by atoms with Crippen LogP contribution in [0.25, 0.3) is 0 Å². The molecular weight excluding hydrogens is 280 g/mol. The highest BCUT2D eigenvalue weighted by atomic mass is 16.5. The van der Waals surface area contributed by atoms with E-state index in [9.17, 15) is 4.79 Å². The molecule has 0 bridgehead atoms. The zero-order valence-corrected chi connectivity index (χ0v) is 12.7. The van der Waals surface area contributed by atoms with Crippen LogP contribution in [0.3, 0.4) is 0 Å². The summed E-state index contributed by atoms with van der Waals surface area (Å²) >= 11 is 0. The van der Waals surface area contributed by atoms with Crippen LogP contribution in [-0.4, -0.2) is 35.9 Å². The number of hydrogen-bond donors (Lipinski definition) is 0. The average Bonchev–Trinajstić information content (AvgIpc) is 3.10. The van der Waals surface area contributed by atoms with Crippen molar-refractivity contribution in [2.45, 2.75) is 19.4 Å². The number of likely N-dealkylation sites (tertiary alicyclic amines) is 1. The Hall–Kier alpha value is -2.14. The third-order valence-corrected chi connectivity index (χ3v) is 4.17. The Morgan fingerprint density at radius 3 is 2.64 bits per heavy atom. The summed E-state index contributed by atoms with van der Waals surface area (Å²) in [5, 5.41) is 0. The van der Waals surface area contributed by atoms with Gasteiger partial charge < -0.3 is 9.15 Å². The van der Waals surface area contributed by atoms with Crippen molar-refractivity contribution in [1.82, 2.24) is 9.88 Å². The molecule has 22 heavy (non-hydrogen) atoms. The molecule has 3 rings (SSSR count). The molecule has 116 valence electrons. The summed E-state index contributed by atoms with van der Waals surface area (Å²) < 4.78 is 10.3. The fourth-order valence-electron chi connectivity index (χ4n) is 2.86. The van der Waals surface area contributed by atoms with Gasteiger partial charge in [-0.15, -0.1) is 0 Å². The van der Waals surface area contributed by atoms with Crippen LogP contribution in [0.1, 0.15) is 29.1 Å². The Kier molecular flexibility index (Phi) is 4.53. The standard InChI is InChI=1S/C17H20N2O3/c1-21-15-4-2-13(3-5-15)12-19-9-6-14(7-10-19)16(20)17-18-8-11-22-17/h2-5,8,11,14H,6-7,9-10,12H2,1H3. The molecule has 0 amide bonds. The smallest absolute Gasteiger partial charge is 0.263 e. The van der Waals surface area contributed by atoms with Crippen LogP contribution in [-0.2, 0) is 6.54 Å². The maximum absolute atomic E-state index is 12.2. The lowest BCUT2D eigenvalue weighted by atomic mass is 9.92. The number of oxazole rings is 1. The Morgan fingerprint density at radius 2 is 2.05 bits per heavy atom. The number of carbonyl (C=O) groups excluding carboxylic acids is 1. The van der Waals surface area contributed by atoms with Gasteiger partial charge in [0.15, 0.2) is 0 Å². The second kappa shape index (κ2) is 6.75. The van der Waals surface area contributed by atoms with E-state index < -0.39 is 0 Å². The van der Waals surface area contributed by atoms with Crippen molar-refractivity contribution in [3.63, 3.8) is 0 Å². The number of rotatable bonds is 5. The van der Waals surface area contributed by atoms with Crippen LogP contribution in [0, 0.1) is 5.92 Å². The Bertz CT molecular complexity index is 599. The average molecular weight is 300 g/mol. The van der Waals surface area contributed by atoms with Gasteiger partial charge in [0.2, 0.25) is 5.78 Å². The van der Waals surface area contributed by atoms with E-state index in [4.69, 9.17) is 9.15 Å². The quantitative estimate of drug-likeness (QED) is 0.795. The summed E-state index contributed by atoms with van der Waals surface area (Å²) in [4.78, 5) is 18.5. The number of aromatic nitrogens is 1. The second-order valence-corrected chi connectivity index (χ2v) is 5.60. The van der Waals surface area contributed by atoms with Crippen LogP contribution >= 0.6 is 0 Å². The summed E-state index contributed by atoms with van der Waals surface area (Å²) in [5.41, 5.74) is 1.26. The molecule has 2 aromatic rings. The zero-order valence-electron chi connectivity index (χ0n) is 12.7. The molecule has 1 aliphatic rings. The van der Waals surface area contributed by atoms with Crippen molar-refractivity contribution in [2.24, 2.45) is 5.92 Å². The lowest BCUT2D eigenvalue weighted by Gasteiger charge is -2.30. The number of benzene rings is 1. The van der Waals surface area contributed by atoms with Crippen molar-refractivity contribution in [3.05, 3.63) is 48.2 Å². The molecular formula is C17H20N2O3. The minimum Gasteiger partial charge on any atom is -0.497 e. The molecule has 0 aliphatic carbocycles. The Morgan fingerprint density at radius 1 is 1.32 bits per heavy atom. The maximum Gasteiger partial charge on any atom is 0.263 e. The molecule has 0 spiro atoms. The lowest BCUT2D eigenvalue weighted by molar-refractivity contribution is 0.0799. The third kappa shape index (κ3) is 3.36. The van der Waals surface area contributed by atoms with E-state index in [1.807, 2.05) is 12.1 Å². The SMILES string of the molecule is COc1ccc(CN2CCC(C(=O)c3ncco3)CC2)cc1. The first kappa shape index (κ1) is 14.8. The van der Waals surface area contributed by atoms with E-state index in [1.54, 1.807) is 7.11 Å². The number of methoxy groups -OCH3 is 1. The van der Waals surface area contributed by atoms with Gasteiger partial charge in [-0.2, -0.15) is 0 Å². The number of ketones is 1. The van der Waals surface area contributed by atoms with Gasteiger partial charge in [0.1, 0.15) is 12.0 Å². The van der Waals surface area contributed by atoms with Gasteiger partial charge >= 0.3 is 0 Å². The molecule has 1 aromatic heterocycles. The van der Waals surface area contributed by atoms with E-state index in [0.29, 0.717) is 0 Å². The van der Waals surface area contributed by atoms with Crippen molar-refractivity contribution in [2.75, 3.05) is 20.2 Å². The Balaban J connectivity index is 1.52. The summed E-state index contributed by atoms with van der Waals surface area (Å²) in [7, 11) is 1.67. The van der Waals surface area contributed by atoms with Crippen LogP contribution in [0.4, 0.5) is 0 Å². The van der Waals surface area contributed by atoms with Crippen LogP contribution in [0.2, 0.25) is 0 Å². The summed E-state index contributed by atoms with van der Waals surface area (Å²) in [6.45, 7) is 2.75. The van der Waals surface area contributed by atoms with Gasteiger partial charge in [-0.3, -0.25) is 9.69 Å². The lowest BCUT2D eigenvalue weighted by Crippen LogP contribution is -2.36. The van der Waals surface area contributed by atoms with Gasteiger partial charge in [0, 0.05) is 12.5 Å². The number of Topliss-reactive ketones (excluding diaryl/α,β-unsaturated/α-hetero) is 1. The second-order valence-electron chi connectivity index (χ2n) is 5.60. The molecule has 1 fully saturated rings. The predicted octanol–water partition coefficient (Wildman–Crippen LogP) is 2.78. The maximum atomic E-state index is 12.2. The molecule has 0 N–H and O–H groups in total. The minimum absolute atomic E-state index is 0.0331. The van der Waals surface area contributed by atoms with E-state index in [-0.39, 0.29) is 17.6 Å². The van der Waals surface area contributed by atoms with Crippen LogP contribution in [0.15, 0.2) is 41.1 Å². The highest BCUT2D eigenvalue weighted by Gasteiger charge is 2.28. The first-order valence-electron chi connectivity index (χ1n) is 7.55. The number of nitrogens with zero attached hydrogens (tertiary/aromatic N) is 2. The van der Waals surface area contributed by atoms with Gasteiger partial charge in [-0.1, -0.05) is 12.1 Å². The first-order valence-corrected chi connectivity index (χ1v) is 7.55. The minimum atomic E-state index is 0.0331. The van der Waals surface area contributed by atoms with E-state index in [1.165, 1.54) is 18.0 Å². The summed E-state index contributed by atoms with van der Waals surface area (Å²) in [6, 6.07) is 8.13. The van der Waals surface area contributed by atoms with Crippen molar-refractivity contribution in [1.29, 1.82) is 0 Å². The topological polar surface area (TPSA) is 55.6 Å². The monoisotopic (exact) mass is 300 g/mol. The molecule has 2 heterocycles. The molecule has 5 heteroatoms. The number of piperidine rings is 1. The van der Waals surface area contributed by atoms with E-state index >= 15 is 0 Å². The molecule has 0 atom stereocenters. The molecule has 0 radical (unpaired) electrons. The van der Waals surface area contributed by atoms with Crippen molar-refractivity contribution < 1.29 is 13.9 Å². The van der Waals surface area contributed by atoms with Crippen LogP contribution in [0.5, 0.6) is 5.75 Å². The summed E-state index contributed by atoms with van der Waals surface area (Å²) in [5.74, 6) is 1.19. The third-order valence-electron chi connectivity index (χ3n) is 4.17. The highest BCUT2D eigenvalue weighted by molar-refractivity contribution is 5.93. The van der Waals surface area contributed by atoms with Gasteiger partial charge in [-0.25, -0.2) is 4.98 Å². The molecule has 1 aromatic carbocycles. The molecule has 1 saturated heterocycles. The van der Waals surface area contributed by atoms with Crippen molar-refractivity contribution in [3.8, 4) is 5.75 Å². The van der Waals surface area contributed by atoms with Crippen molar-refractivity contribution >= 4 is 5.78 Å². The van der Waals surface area contributed by atoms with E-state index in [0.717, 1.165) is 38.2 Å². The Labute approximate surface area is 129 Å². The van der Waals surface area contributed by atoms with Gasteiger partial charge in [0.25, 0.3) is 5.89 Å². The number of carbonyl (C=O) groups is 1. The molecule has 0 saturated carbocycles. The van der Waals surface area contributed by atoms with Crippen LogP contribution < -0.4 is 4.74 Å². The largest absolute Gasteiger partial charge is 0.497 e. The van der Waals surface area contributed by atoms with Gasteiger partial charge in [-0.05, 0) is 43.6 Å². The number of ether oxygens (including phenoxy) is 1. The predicted molar refractivity (Wildman–Crippen MR) is 81.8 cm³/mol. The first-order chi connectivity index (χ1) is 10.8. The normalized spacial score (nSPS) is 16.6. The highest BCUT2D eigenvalue weighted by Crippen LogP contribution is 2.23. The molecule has 5 nitrogen and oxygen atoms in total. The molecule has 0 unspecified atom stereocenters. The zero-order chi connectivity index (χ0) is 15.4.